The monoisotopic (exact) mass is 170 g/mol. The minimum absolute atomic E-state index is 0.158. The van der Waals surface area contributed by atoms with Gasteiger partial charge in [0.25, 0.3) is 0 Å². The lowest BCUT2D eigenvalue weighted by molar-refractivity contribution is -0.153. The fourth-order valence-electron chi connectivity index (χ4n) is 2.34. The first-order chi connectivity index (χ1) is 5.72. The first-order valence-electron chi connectivity index (χ1n) is 5.00. The summed E-state index contributed by atoms with van der Waals surface area (Å²) in [5.41, 5.74) is 0. The van der Waals surface area contributed by atoms with Crippen LogP contribution in [-0.2, 0) is 9.47 Å². The molecule has 1 spiro atoms. The molecule has 1 atom stereocenters. The van der Waals surface area contributed by atoms with E-state index in [1.54, 1.807) is 0 Å². The molecule has 2 rings (SSSR count). The van der Waals surface area contributed by atoms with Crippen molar-refractivity contribution in [2.45, 2.75) is 38.9 Å². The van der Waals surface area contributed by atoms with Crippen molar-refractivity contribution in [3.8, 4) is 0 Å². The number of rotatable bonds is 1. The van der Waals surface area contributed by atoms with Gasteiger partial charge in [-0.05, 0) is 18.3 Å². The molecule has 2 aliphatic rings. The molecule has 0 N–H and O–H groups in total. The van der Waals surface area contributed by atoms with Crippen LogP contribution in [-0.4, -0.2) is 19.0 Å². The standard InChI is InChI=1S/C10H18O2/c1-8(2)9-3-4-10(7-9)11-5-6-12-10/h8-9H,3-7H2,1-2H3/t9-/m1/s1. The van der Waals surface area contributed by atoms with Crippen LogP contribution in [0.25, 0.3) is 0 Å². The van der Waals surface area contributed by atoms with E-state index in [0.29, 0.717) is 0 Å². The maximum Gasteiger partial charge on any atom is 0.168 e. The first-order valence-corrected chi connectivity index (χ1v) is 5.00. The minimum Gasteiger partial charge on any atom is -0.348 e. The first kappa shape index (κ1) is 8.52. The van der Waals surface area contributed by atoms with Crippen LogP contribution in [0.3, 0.4) is 0 Å². The van der Waals surface area contributed by atoms with Gasteiger partial charge in [0.05, 0.1) is 13.2 Å². The lowest BCUT2D eigenvalue weighted by Gasteiger charge is -2.22. The lowest BCUT2D eigenvalue weighted by atomic mass is 9.94. The summed E-state index contributed by atoms with van der Waals surface area (Å²) < 4.78 is 11.3. The van der Waals surface area contributed by atoms with Gasteiger partial charge in [-0.2, -0.15) is 0 Å². The molecule has 0 amide bonds. The molecule has 12 heavy (non-hydrogen) atoms. The molecule has 0 unspecified atom stereocenters. The molecule has 1 heterocycles. The largest absolute Gasteiger partial charge is 0.348 e. The van der Waals surface area contributed by atoms with Crippen LogP contribution in [0.4, 0.5) is 0 Å². The second-order valence-electron chi connectivity index (χ2n) is 4.35. The quantitative estimate of drug-likeness (QED) is 0.600. The zero-order valence-electron chi connectivity index (χ0n) is 8.01. The summed E-state index contributed by atoms with van der Waals surface area (Å²) in [6, 6.07) is 0. The summed E-state index contributed by atoms with van der Waals surface area (Å²) in [7, 11) is 0. The predicted octanol–water partition coefficient (Wildman–Crippen LogP) is 2.19. The molecule has 1 aliphatic heterocycles. The van der Waals surface area contributed by atoms with Gasteiger partial charge in [0.2, 0.25) is 0 Å². The van der Waals surface area contributed by atoms with Gasteiger partial charge in [-0.1, -0.05) is 13.8 Å². The van der Waals surface area contributed by atoms with Crippen molar-refractivity contribution in [1.82, 2.24) is 0 Å². The Balaban J connectivity index is 1.96. The summed E-state index contributed by atoms with van der Waals surface area (Å²) in [6.45, 7) is 6.17. The van der Waals surface area contributed by atoms with Crippen molar-refractivity contribution < 1.29 is 9.47 Å². The maximum atomic E-state index is 5.66. The third kappa shape index (κ3) is 1.38. The Labute approximate surface area is 74.2 Å². The van der Waals surface area contributed by atoms with Crippen LogP contribution >= 0.6 is 0 Å². The molecule has 0 radical (unpaired) electrons. The number of ether oxygens (including phenoxy) is 2. The number of hydrogen-bond acceptors (Lipinski definition) is 2. The fourth-order valence-corrected chi connectivity index (χ4v) is 2.34. The highest BCUT2D eigenvalue weighted by atomic mass is 16.7. The second kappa shape index (κ2) is 3.00. The SMILES string of the molecule is CC(C)[C@@H]1CCC2(C1)OCCO2. The summed E-state index contributed by atoms with van der Waals surface area (Å²) in [5.74, 6) is 1.43. The van der Waals surface area contributed by atoms with Crippen molar-refractivity contribution in [2.24, 2.45) is 11.8 Å². The molecule has 1 saturated carbocycles. The molecular weight excluding hydrogens is 152 g/mol. The van der Waals surface area contributed by atoms with Gasteiger partial charge in [-0.25, -0.2) is 0 Å². The van der Waals surface area contributed by atoms with E-state index in [9.17, 15) is 0 Å². The van der Waals surface area contributed by atoms with E-state index in [-0.39, 0.29) is 5.79 Å². The molecular formula is C10H18O2. The fraction of sp³-hybridized carbons (Fsp3) is 1.00. The molecule has 1 saturated heterocycles. The van der Waals surface area contributed by atoms with Gasteiger partial charge in [0.15, 0.2) is 5.79 Å². The highest BCUT2D eigenvalue weighted by molar-refractivity contribution is 4.87. The minimum atomic E-state index is -0.158. The third-order valence-corrected chi connectivity index (χ3v) is 3.23. The molecule has 70 valence electrons. The Kier molecular flexibility index (Phi) is 2.13. The van der Waals surface area contributed by atoms with Crippen LogP contribution in [0.5, 0.6) is 0 Å². The van der Waals surface area contributed by atoms with Gasteiger partial charge in [-0.15, -0.1) is 0 Å². The Hall–Kier alpha value is -0.0800. The van der Waals surface area contributed by atoms with Crippen molar-refractivity contribution in [3.05, 3.63) is 0 Å². The molecule has 2 nitrogen and oxygen atoms in total. The highest BCUT2D eigenvalue weighted by Crippen LogP contribution is 2.43. The Morgan fingerprint density at radius 1 is 1.25 bits per heavy atom. The summed E-state index contributed by atoms with van der Waals surface area (Å²) >= 11 is 0. The molecule has 0 aromatic heterocycles. The third-order valence-electron chi connectivity index (χ3n) is 3.23. The zero-order chi connectivity index (χ0) is 8.60. The average Bonchev–Trinajstić information content (AvgIpc) is 2.62. The summed E-state index contributed by atoms with van der Waals surface area (Å²) in [5, 5.41) is 0. The van der Waals surface area contributed by atoms with Crippen molar-refractivity contribution in [3.63, 3.8) is 0 Å². The van der Waals surface area contributed by atoms with E-state index in [4.69, 9.17) is 9.47 Å². The van der Waals surface area contributed by atoms with Crippen LogP contribution in [0.2, 0.25) is 0 Å². The van der Waals surface area contributed by atoms with Crippen LogP contribution in [0, 0.1) is 11.8 Å². The molecule has 2 heteroatoms. The molecule has 1 aliphatic carbocycles. The van der Waals surface area contributed by atoms with E-state index >= 15 is 0 Å². The Morgan fingerprint density at radius 2 is 1.92 bits per heavy atom. The molecule has 0 aromatic carbocycles. The second-order valence-corrected chi connectivity index (χ2v) is 4.35. The van der Waals surface area contributed by atoms with Crippen LogP contribution < -0.4 is 0 Å². The Morgan fingerprint density at radius 3 is 2.42 bits per heavy atom. The van der Waals surface area contributed by atoms with E-state index in [2.05, 4.69) is 13.8 Å². The van der Waals surface area contributed by atoms with E-state index in [0.717, 1.165) is 37.9 Å². The van der Waals surface area contributed by atoms with Gasteiger partial charge in [0, 0.05) is 12.8 Å². The van der Waals surface area contributed by atoms with E-state index in [1.165, 1.54) is 6.42 Å². The van der Waals surface area contributed by atoms with Gasteiger partial charge < -0.3 is 9.47 Å². The molecule has 2 fully saturated rings. The smallest absolute Gasteiger partial charge is 0.168 e. The van der Waals surface area contributed by atoms with Gasteiger partial charge in [0.1, 0.15) is 0 Å². The predicted molar refractivity (Wildman–Crippen MR) is 46.8 cm³/mol. The number of hydrogen-bond donors (Lipinski definition) is 0. The van der Waals surface area contributed by atoms with Crippen LogP contribution in [0.15, 0.2) is 0 Å². The van der Waals surface area contributed by atoms with Crippen molar-refractivity contribution in [2.75, 3.05) is 13.2 Å². The summed E-state index contributed by atoms with van der Waals surface area (Å²) in [6.07, 6.45) is 3.50. The van der Waals surface area contributed by atoms with Gasteiger partial charge >= 0.3 is 0 Å². The lowest BCUT2D eigenvalue weighted by Crippen LogP contribution is -2.26. The van der Waals surface area contributed by atoms with Crippen LogP contribution in [0.1, 0.15) is 33.1 Å². The highest BCUT2D eigenvalue weighted by Gasteiger charge is 2.44. The molecule has 0 aromatic rings. The molecule has 0 bridgehead atoms. The van der Waals surface area contributed by atoms with Crippen molar-refractivity contribution >= 4 is 0 Å². The van der Waals surface area contributed by atoms with Gasteiger partial charge in [-0.3, -0.25) is 0 Å². The average molecular weight is 170 g/mol. The van der Waals surface area contributed by atoms with E-state index in [1.807, 2.05) is 0 Å². The topological polar surface area (TPSA) is 18.5 Å². The Bertz CT molecular complexity index is 159. The summed E-state index contributed by atoms with van der Waals surface area (Å²) in [4.78, 5) is 0. The van der Waals surface area contributed by atoms with E-state index < -0.39 is 0 Å². The normalized spacial score (nSPS) is 33.8. The zero-order valence-corrected chi connectivity index (χ0v) is 8.01. The van der Waals surface area contributed by atoms with Crippen molar-refractivity contribution in [1.29, 1.82) is 0 Å². The maximum absolute atomic E-state index is 5.66.